The first-order valence-electron chi connectivity index (χ1n) is 6.55. The Labute approximate surface area is 122 Å². The number of alkyl halides is 1. The van der Waals surface area contributed by atoms with Crippen LogP contribution in [0, 0.1) is 0 Å². The summed E-state index contributed by atoms with van der Waals surface area (Å²) in [6.07, 6.45) is -7.40. The van der Waals surface area contributed by atoms with Crippen molar-refractivity contribution in [1.82, 2.24) is 0 Å². The molecular formula is C12H21ClO7. The lowest BCUT2D eigenvalue weighted by Gasteiger charge is -2.42. The Bertz CT molecular complexity index is 357. The third kappa shape index (κ3) is 2.69. The minimum absolute atomic E-state index is 0.551. The van der Waals surface area contributed by atoms with Gasteiger partial charge in [0.2, 0.25) is 0 Å². The second-order valence-corrected chi connectivity index (χ2v) is 6.03. The van der Waals surface area contributed by atoms with Crippen molar-refractivity contribution in [2.24, 2.45) is 0 Å². The van der Waals surface area contributed by atoms with E-state index in [1.807, 2.05) is 0 Å². The van der Waals surface area contributed by atoms with Gasteiger partial charge in [-0.3, -0.25) is 0 Å². The molecule has 0 bridgehead atoms. The molecule has 0 amide bonds. The molecule has 2 aliphatic heterocycles. The van der Waals surface area contributed by atoms with Crippen molar-refractivity contribution in [3.63, 3.8) is 0 Å². The topological polar surface area (TPSA) is 109 Å². The van der Waals surface area contributed by atoms with E-state index in [9.17, 15) is 20.4 Å². The minimum atomic E-state index is -1.54. The Hall–Kier alpha value is 0.01000. The maximum absolute atomic E-state index is 9.96. The molecule has 0 aromatic rings. The number of hydrogen-bond donors (Lipinski definition) is 4. The zero-order valence-electron chi connectivity index (χ0n) is 11.5. The van der Waals surface area contributed by atoms with E-state index in [-0.39, 0.29) is 0 Å². The lowest BCUT2D eigenvalue weighted by atomic mass is 10.0. The van der Waals surface area contributed by atoms with Gasteiger partial charge in [-0.05, 0) is 20.8 Å². The molecule has 2 rings (SSSR count). The highest BCUT2D eigenvalue weighted by atomic mass is 35.5. The van der Waals surface area contributed by atoms with Crippen LogP contribution < -0.4 is 0 Å². The molecule has 0 aliphatic carbocycles. The first kappa shape index (κ1) is 16.4. The first-order valence-corrected chi connectivity index (χ1v) is 6.98. The number of ether oxygens (including phenoxy) is 3. The summed E-state index contributed by atoms with van der Waals surface area (Å²) < 4.78 is 16.3. The highest BCUT2D eigenvalue weighted by Crippen LogP contribution is 2.36. The summed E-state index contributed by atoms with van der Waals surface area (Å²) in [5.74, 6) is -1.54. The van der Waals surface area contributed by atoms with Crippen molar-refractivity contribution in [3.8, 4) is 0 Å². The summed E-state index contributed by atoms with van der Waals surface area (Å²) >= 11 is 5.89. The van der Waals surface area contributed by atoms with E-state index in [1.54, 1.807) is 13.8 Å². The molecule has 0 spiro atoms. The van der Waals surface area contributed by atoms with E-state index >= 15 is 0 Å². The van der Waals surface area contributed by atoms with Gasteiger partial charge in [-0.15, -0.1) is 11.6 Å². The average molecular weight is 313 g/mol. The van der Waals surface area contributed by atoms with Crippen LogP contribution in [0.2, 0.25) is 0 Å². The Morgan fingerprint density at radius 3 is 2.10 bits per heavy atom. The Kier molecular flexibility index (Phi) is 4.63. The van der Waals surface area contributed by atoms with Crippen LogP contribution in [0.25, 0.3) is 0 Å². The van der Waals surface area contributed by atoms with E-state index in [0.717, 1.165) is 0 Å². The number of hydrogen-bond acceptors (Lipinski definition) is 7. The lowest BCUT2D eigenvalue weighted by molar-refractivity contribution is -0.356. The van der Waals surface area contributed by atoms with Crippen LogP contribution >= 0.6 is 11.6 Å². The molecule has 2 saturated heterocycles. The van der Waals surface area contributed by atoms with Crippen molar-refractivity contribution in [2.75, 3.05) is 0 Å². The van der Waals surface area contributed by atoms with Crippen LogP contribution in [-0.2, 0) is 14.2 Å². The van der Waals surface area contributed by atoms with Crippen LogP contribution in [-0.4, -0.2) is 74.5 Å². The minimum Gasteiger partial charge on any atom is -0.389 e. The molecule has 2 fully saturated rings. The van der Waals surface area contributed by atoms with E-state index in [2.05, 4.69) is 0 Å². The fraction of sp³-hybridized carbons (Fsp3) is 1.00. The number of aliphatic hydroxyl groups excluding tert-OH is 4. The lowest BCUT2D eigenvalue weighted by Crippen LogP contribution is -2.58. The maximum atomic E-state index is 9.96. The molecule has 0 radical (unpaired) electrons. The van der Waals surface area contributed by atoms with Gasteiger partial charge in [0.05, 0.1) is 17.6 Å². The Balaban J connectivity index is 2.09. The molecule has 4 N–H and O–H groups in total. The quantitative estimate of drug-likeness (QED) is 0.481. The van der Waals surface area contributed by atoms with Gasteiger partial charge >= 0.3 is 0 Å². The van der Waals surface area contributed by atoms with Crippen LogP contribution in [0.15, 0.2) is 0 Å². The van der Waals surface area contributed by atoms with Crippen molar-refractivity contribution in [2.45, 2.75) is 74.8 Å². The maximum Gasteiger partial charge on any atom is 0.197 e. The molecule has 9 atom stereocenters. The second-order valence-electron chi connectivity index (χ2n) is 5.53. The fourth-order valence-electron chi connectivity index (χ4n) is 2.50. The van der Waals surface area contributed by atoms with Gasteiger partial charge in [0.15, 0.2) is 12.1 Å². The second kappa shape index (κ2) is 5.66. The number of aliphatic hydroxyl groups is 4. The van der Waals surface area contributed by atoms with Gasteiger partial charge in [-0.1, -0.05) is 0 Å². The standard InChI is InChI=1S/C12H21ClO7/c1-4-6(13)8(15)9(16)11(18-4)20-12(3)10(17)7(14)5(2)19-12/h4-11,14-17H,1-3H3/t4?,5-,6+,7-,8?,9?,10-,11-,12-/m1/s1. The monoisotopic (exact) mass is 312 g/mol. The molecule has 20 heavy (non-hydrogen) atoms. The summed E-state index contributed by atoms with van der Waals surface area (Å²) in [7, 11) is 0. The Morgan fingerprint density at radius 1 is 1.00 bits per heavy atom. The van der Waals surface area contributed by atoms with Crippen molar-refractivity contribution >= 4 is 11.6 Å². The Morgan fingerprint density at radius 2 is 1.60 bits per heavy atom. The molecule has 7 nitrogen and oxygen atoms in total. The van der Waals surface area contributed by atoms with Gasteiger partial charge in [-0.2, -0.15) is 0 Å². The summed E-state index contributed by atoms with van der Waals surface area (Å²) in [6.45, 7) is 4.66. The molecule has 8 heteroatoms. The van der Waals surface area contributed by atoms with Gasteiger partial charge in [0.25, 0.3) is 0 Å². The summed E-state index contributed by atoms with van der Waals surface area (Å²) in [5.41, 5.74) is 0. The molecule has 118 valence electrons. The molecule has 0 aromatic heterocycles. The van der Waals surface area contributed by atoms with Gasteiger partial charge in [-0.25, -0.2) is 0 Å². The zero-order chi connectivity index (χ0) is 15.2. The highest BCUT2D eigenvalue weighted by molar-refractivity contribution is 6.21. The largest absolute Gasteiger partial charge is 0.389 e. The van der Waals surface area contributed by atoms with Crippen LogP contribution in [0.4, 0.5) is 0 Å². The van der Waals surface area contributed by atoms with Gasteiger partial charge in [0, 0.05) is 0 Å². The molecule has 2 heterocycles. The zero-order valence-corrected chi connectivity index (χ0v) is 12.3. The summed E-state index contributed by atoms with van der Waals surface area (Å²) in [5, 5.41) is 38.7. The average Bonchev–Trinajstić information content (AvgIpc) is 2.57. The first-order chi connectivity index (χ1) is 9.17. The smallest absolute Gasteiger partial charge is 0.197 e. The van der Waals surface area contributed by atoms with Crippen molar-refractivity contribution in [3.05, 3.63) is 0 Å². The molecule has 0 saturated carbocycles. The normalized spacial score (nSPS) is 57.0. The van der Waals surface area contributed by atoms with Crippen LogP contribution in [0.1, 0.15) is 20.8 Å². The summed E-state index contributed by atoms with van der Waals surface area (Å²) in [6, 6.07) is 0. The summed E-state index contributed by atoms with van der Waals surface area (Å²) in [4.78, 5) is 0. The molecule has 3 unspecified atom stereocenters. The predicted octanol–water partition coefficient (Wildman–Crippen LogP) is -1.07. The number of halogens is 1. The molecular weight excluding hydrogens is 292 g/mol. The van der Waals surface area contributed by atoms with E-state index in [0.29, 0.717) is 0 Å². The molecule has 2 aliphatic rings. The van der Waals surface area contributed by atoms with Crippen LogP contribution in [0.5, 0.6) is 0 Å². The van der Waals surface area contributed by atoms with E-state index in [4.69, 9.17) is 25.8 Å². The van der Waals surface area contributed by atoms with E-state index in [1.165, 1.54) is 6.92 Å². The third-order valence-corrected chi connectivity index (χ3v) is 4.48. The van der Waals surface area contributed by atoms with E-state index < -0.39 is 54.1 Å². The van der Waals surface area contributed by atoms with Crippen LogP contribution in [0.3, 0.4) is 0 Å². The number of rotatable bonds is 2. The van der Waals surface area contributed by atoms with Gasteiger partial charge < -0.3 is 34.6 Å². The third-order valence-electron chi connectivity index (χ3n) is 3.86. The molecule has 0 aromatic carbocycles. The predicted molar refractivity (Wildman–Crippen MR) is 68.0 cm³/mol. The highest BCUT2D eigenvalue weighted by Gasteiger charge is 2.54. The van der Waals surface area contributed by atoms with Crippen molar-refractivity contribution < 1.29 is 34.6 Å². The fourth-order valence-corrected chi connectivity index (χ4v) is 2.70. The SMILES string of the molecule is CC1O[C@H](O[C@@]2(C)O[C@H](C)[C@@H](O)[C@H]2O)C(O)C(O)[C@H]1Cl. The van der Waals surface area contributed by atoms with Crippen molar-refractivity contribution in [1.29, 1.82) is 0 Å². The van der Waals surface area contributed by atoms with Gasteiger partial charge in [0.1, 0.15) is 24.4 Å².